The summed E-state index contributed by atoms with van der Waals surface area (Å²) in [6.45, 7) is 6.75. The number of carboxylic acid groups (broad SMARTS) is 1. The van der Waals surface area contributed by atoms with Crippen molar-refractivity contribution in [3.63, 3.8) is 0 Å². The molecule has 2 rings (SSSR count). The zero-order valence-electron chi connectivity index (χ0n) is 15.1. The largest absolute Gasteiger partial charge is 0.481 e. The van der Waals surface area contributed by atoms with Crippen LogP contribution in [-0.4, -0.2) is 51.5 Å². The third-order valence-corrected chi connectivity index (χ3v) is 5.21. The summed E-state index contributed by atoms with van der Waals surface area (Å²) in [7, 11) is 0. The summed E-state index contributed by atoms with van der Waals surface area (Å²) < 4.78 is 5.39. The molecule has 6 nitrogen and oxygen atoms in total. The molecule has 2 N–H and O–H groups in total. The average Bonchev–Trinajstić information content (AvgIpc) is 2.86. The van der Waals surface area contributed by atoms with Gasteiger partial charge in [0.15, 0.2) is 0 Å². The smallest absolute Gasteiger partial charge is 0.354 e. The maximum atomic E-state index is 12.4. The minimum absolute atomic E-state index is 0.202. The van der Waals surface area contributed by atoms with Crippen molar-refractivity contribution in [1.82, 2.24) is 4.90 Å². The maximum Gasteiger partial charge on any atom is 0.354 e. The predicted octanol–water partition coefficient (Wildman–Crippen LogP) is 2.39. The van der Waals surface area contributed by atoms with Crippen LogP contribution in [0, 0.1) is 11.8 Å². The number of aliphatic carboxylic acids is 1. The first-order valence-corrected chi connectivity index (χ1v) is 9.05. The van der Waals surface area contributed by atoms with Crippen molar-refractivity contribution in [2.45, 2.75) is 77.0 Å². The van der Waals surface area contributed by atoms with E-state index < -0.39 is 23.3 Å². The second-order valence-corrected chi connectivity index (χ2v) is 8.25. The number of hydrogen-bond donors (Lipinski definition) is 2. The van der Waals surface area contributed by atoms with E-state index in [1.165, 1.54) is 0 Å². The van der Waals surface area contributed by atoms with Crippen LogP contribution in [0.1, 0.15) is 65.7 Å². The number of carbonyl (C=O) groups is 2. The summed E-state index contributed by atoms with van der Waals surface area (Å²) in [5.74, 6) is -0.967. The standard InChI is InChI=1S/C18H31NO5/c1-17(2,3)24-16(22)18(23)10-4-11-19(18)12-9-13-5-7-14(8-6-13)15(20)21/h13-14,23H,4-12H2,1-3H3,(H,20,21). The minimum Gasteiger partial charge on any atom is -0.481 e. The number of carboxylic acids is 1. The van der Waals surface area contributed by atoms with E-state index in [0.29, 0.717) is 25.4 Å². The lowest BCUT2D eigenvalue weighted by molar-refractivity contribution is -0.194. The first-order chi connectivity index (χ1) is 11.1. The fourth-order valence-corrected chi connectivity index (χ4v) is 3.78. The molecular formula is C18H31NO5. The number of likely N-dealkylation sites (tertiary alicyclic amines) is 1. The first kappa shape index (κ1) is 19.2. The van der Waals surface area contributed by atoms with E-state index in [1.807, 2.05) is 4.90 Å². The Kier molecular flexibility index (Phi) is 5.91. The lowest BCUT2D eigenvalue weighted by Gasteiger charge is -2.35. The molecule has 0 aromatic rings. The molecule has 0 bridgehead atoms. The zero-order valence-corrected chi connectivity index (χ0v) is 15.1. The highest BCUT2D eigenvalue weighted by atomic mass is 16.6. The van der Waals surface area contributed by atoms with Gasteiger partial charge in [0.25, 0.3) is 0 Å². The number of rotatable bonds is 5. The van der Waals surface area contributed by atoms with Crippen LogP contribution in [0.4, 0.5) is 0 Å². The van der Waals surface area contributed by atoms with Gasteiger partial charge in [-0.25, -0.2) is 4.79 Å². The van der Waals surface area contributed by atoms with Crippen LogP contribution in [0.15, 0.2) is 0 Å². The molecule has 2 aliphatic rings. The quantitative estimate of drug-likeness (QED) is 0.747. The fraction of sp³-hybridized carbons (Fsp3) is 0.889. The van der Waals surface area contributed by atoms with E-state index in [4.69, 9.17) is 9.84 Å². The van der Waals surface area contributed by atoms with Crippen LogP contribution in [0.3, 0.4) is 0 Å². The van der Waals surface area contributed by atoms with Crippen LogP contribution in [-0.2, 0) is 14.3 Å². The Morgan fingerprint density at radius 1 is 1.21 bits per heavy atom. The molecule has 1 saturated carbocycles. The van der Waals surface area contributed by atoms with Crippen LogP contribution >= 0.6 is 0 Å². The molecule has 0 amide bonds. The molecule has 1 heterocycles. The molecule has 1 unspecified atom stereocenters. The number of nitrogens with zero attached hydrogens (tertiary/aromatic N) is 1. The maximum absolute atomic E-state index is 12.4. The van der Waals surface area contributed by atoms with Crippen LogP contribution < -0.4 is 0 Å². The average molecular weight is 341 g/mol. The first-order valence-electron chi connectivity index (χ1n) is 9.05. The summed E-state index contributed by atoms with van der Waals surface area (Å²) >= 11 is 0. The van der Waals surface area contributed by atoms with Crippen molar-refractivity contribution in [3.8, 4) is 0 Å². The molecule has 1 saturated heterocycles. The fourth-order valence-electron chi connectivity index (χ4n) is 3.78. The van der Waals surface area contributed by atoms with Crippen LogP contribution in [0.2, 0.25) is 0 Å². The van der Waals surface area contributed by atoms with Gasteiger partial charge in [-0.1, -0.05) is 0 Å². The van der Waals surface area contributed by atoms with Crippen LogP contribution in [0.25, 0.3) is 0 Å². The summed E-state index contributed by atoms with van der Waals surface area (Å²) in [5.41, 5.74) is -2.12. The van der Waals surface area contributed by atoms with E-state index in [2.05, 4.69) is 0 Å². The van der Waals surface area contributed by atoms with Gasteiger partial charge in [-0.15, -0.1) is 0 Å². The van der Waals surface area contributed by atoms with Crippen molar-refractivity contribution in [3.05, 3.63) is 0 Å². The van der Waals surface area contributed by atoms with E-state index in [9.17, 15) is 14.7 Å². The molecule has 1 aliphatic heterocycles. The summed E-state index contributed by atoms with van der Waals surface area (Å²) in [5, 5.41) is 19.9. The van der Waals surface area contributed by atoms with Crippen LogP contribution in [0.5, 0.6) is 0 Å². The van der Waals surface area contributed by atoms with Crippen molar-refractivity contribution in [1.29, 1.82) is 0 Å². The Morgan fingerprint density at radius 3 is 2.38 bits per heavy atom. The summed E-state index contributed by atoms with van der Waals surface area (Å²) in [6, 6.07) is 0. The molecule has 138 valence electrons. The molecule has 2 fully saturated rings. The van der Waals surface area contributed by atoms with Gasteiger partial charge in [0, 0.05) is 19.5 Å². The summed E-state index contributed by atoms with van der Waals surface area (Å²) in [6.07, 6.45) is 5.37. The SMILES string of the molecule is CC(C)(C)OC(=O)C1(O)CCCN1CCC1CCC(C(=O)O)CC1. The number of carbonyl (C=O) groups excluding carboxylic acids is 1. The monoisotopic (exact) mass is 341 g/mol. The zero-order chi connectivity index (χ0) is 18.0. The Morgan fingerprint density at radius 2 is 1.83 bits per heavy atom. The second-order valence-electron chi connectivity index (χ2n) is 8.25. The van der Waals surface area contributed by atoms with Crippen molar-refractivity contribution in [2.24, 2.45) is 11.8 Å². The van der Waals surface area contributed by atoms with Gasteiger partial charge < -0.3 is 14.9 Å². The van der Waals surface area contributed by atoms with Gasteiger partial charge in [0.2, 0.25) is 5.72 Å². The van der Waals surface area contributed by atoms with Crippen molar-refractivity contribution < 1.29 is 24.5 Å². The predicted molar refractivity (Wildman–Crippen MR) is 89.3 cm³/mol. The third-order valence-electron chi connectivity index (χ3n) is 5.21. The second kappa shape index (κ2) is 7.40. The van der Waals surface area contributed by atoms with E-state index >= 15 is 0 Å². The molecule has 6 heteroatoms. The molecular weight excluding hydrogens is 310 g/mol. The number of hydrogen-bond acceptors (Lipinski definition) is 5. The van der Waals surface area contributed by atoms with Gasteiger partial charge in [-0.2, -0.15) is 0 Å². The molecule has 0 aromatic heterocycles. The van der Waals surface area contributed by atoms with E-state index in [1.54, 1.807) is 20.8 Å². The topological polar surface area (TPSA) is 87.1 Å². The van der Waals surface area contributed by atoms with Gasteiger partial charge in [0.1, 0.15) is 5.60 Å². The number of ether oxygens (including phenoxy) is 1. The lowest BCUT2D eigenvalue weighted by atomic mass is 9.80. The van der Waals surface area contributed by atoms with Crippen molar-refractivity contribution >= 4 is 11.9 Å². The van der Waals surface area contributed by atoms with Gasteiger partial charge >= 0.3 is 11.9 Å². The Balaban J connectivity index is 1.85. The van der Waals surface area contributed by atoms with Gasteiger partial charge in [-0.3, -0.25) is 9.69 Å². The van der Waals surface area contributed by atoms with Gasteiger partial charge in [-0.05, 0) is 65.2 Å². The number of aliphatic hydroxyl groups is 1. The highest BCUT2D eigenvalue weighted by molar-refractivity contribution is 5.79. The molecule has 0 radical (unpaired) electrons. The lowest BCUT2D eigenvalue weighted by Crippen LogP contribution is -2.53. The normalized spacial score (nSPS) is 31.8. The Hall–Kier alpha value is -1.14. The highest BCUT2D eigenvalue weighted by Gasteiger charge is 2.48. The molecule has 1 atom stereocenters. The Bertz CT molecular complexity index is 465. The summed E-state index contributed by atoms with van der Waals surface area (Å²) in [4.78, 5) is 25.2. The molecule has 0 aromatic carbocycles. The van der Waals surface area contributed by atoms with Gasteiger partial charge in [0.05, 0.1) is 5.92 Å². The molecule has 24 heavy (non-hydrogen) atoms. The van der Waals surface area contributed by atoms with Crippen molar-refractivity contribution in [2.75, 3.05) is 13.1 Å². The highest BCUT2D eigenvalue weighted by Crippen LogP contribution is 2.34. The molecule has 1 aliphatic carbocycles. The Labute approximate surface area is 144 Å². The molecule has 0 spiro atoms. The minimum atomic E-state index is -1.51. The van der Waals surface area contributed by atoms with E-state index in [-0.39, 0.29) is 5.92 Å². The number of esters is 1. The third kappa shape index (κ3) is 4.70. The van der Waals surface area contributed by atoms with E-state index in [0.717, 1.165) is 38.5 Å².